The van der Waals surface area contributed by atoms with E-state index < -0.39 is 6.03 Å². The molecule has 2 aromatic carbocycles. The van der Waals surface area contributed by atoms with E-state index >= 15 is 0 Å². The summed E-state index contributed by atoms with van der Waals surface area (Å²) in [5.74, 6) is 2.63. The minimum absolute atomic E-state index is 0.421. The first kappa shape index (κ1) is 22.0. The zero-order valence-corrected chi connectivity index (χ0v) is 18.6. The van der Waals surface area contributed by atoms with E-state index in [0.29, 0.717) is 45.3 Å². The van der Waals surface area contributed by atoms with Gasteiger partial charge in [-0.05, 0) is 18.2 Å². The third kappa shape index (κ3) is 4.92. The highest BCUT2D eigenvalue weighted by molar-refractivity contribution is 7.14. The summed E-state index contributed by atoms with van der Waals surface area (Å²) in [4.78, 5) is 17.0. The van der Waals surface area contributed by atoms with E-state index in [-0.39, 0.29) is 0 Å². The first-order valence-corrected chi connectivity index (χ1v) is 9.96. The number of amides is 2. The lowest BCUT2D eigenvalue weighted by Crippen LogP contribution is -2.19. The minimum atomic E-state index is -0.465. The van der Waals surface area contributed by atoms with Crippen LogP contribution >= 0.6 is 11.3 Å². The van der Waals surface area contributed by atoms with Gasteiger partial charge in [-0.1, -0.05) is 0 Å². The van der Waals surface area contributed by atoms with Crippen LogP contribution in [0.2, 0.25) is 0 Å². The van der Waals surface area contributed by atoms with Crippen LogP contribution in [0.5, 0.6) is 28.7 Å². The Hall–Kier alpha value is -3.66. The van der Waals surface area contributed by atoms with E-state index in [9.17, 15) is 4.79 Å². The Morgan fingerprint density at radius 2 is 1.52 bits per heavy atom. The fraction of sp³-hybridized carbons (Fsp3) is 0.238. The van der Waals surface area contributed by atoms with Gasteiger partial charge in [-0.15, -0.1) is 11.3 Å². The third-order valence-corrected chi connectivity index (χ3v) is 5.09. The molecule has 0 saturated carbocycles. The zero-order valence-electron chi connectivity index (χ0n) is 17.8. The Morgan fingerprint density at radius 1 is 0.839 bits per heavy atom. The van der Waals surface area contributed by atoms with Gasteiger partial charge in [-0.3, -0.25) is 5.32 Å². The number of carbonyl (C=O) groups excluding carboxylic acids is 1. The number of aromatic nitrogens is 1. The highest BCUT2D eigenvalue weighted by Gasteiger charge is 2.16. The monoisotopic (exact) mass is 445 g/mol. The van der Waals surface area contributed by atoms with Gasteiger partial charge in [-0.2, -0.15) is 0 Å². The van der Waals surface area contributed by atoms with Crippen molar-refractivity contribution in [2.24, 2.45) is 0 Å². The molecule has 1 aromatic heterocycles. The van der Waals surface area contributed by atoms with Crippen LogP contribution in [-0.4, -0.2) is 46.6 Å². The predicted molar refractivity (Wildman–Crippen MR) is 119 cm³/mol. The molecule has 2 amide bonds. The zero-order chi connectivity index (χ0) is 22.4. The number of ether oxygens (including phenoxy) is 5. The maximum Gasteiger partial charge on any atom is 0.325 e. The van der Waals surface area contributed by atoms with E-state index in [1.54, 1.807) is 38.5 Å². The maximum absolute atomic E-state index is 12.5. The lowest BCUT2D eigenvalue weighted by Gasteiger charge is -2.14. The number of anilines is 2. The molecular formula is C21H23N3O6S. The van der Waals surface area contributed by atoms with Crippen LogP contribution in [0.3, 0.4) is 0 Å². The highest BCUT2D eigenvalue weighted by atomic mass is 32.1. The van der Waals surface area contributed by atoms with Crippen LogP contribution in [0.15, 0.2) is 35.7 Å². The number of rotatable bonds is 8. The van der Waals surface area contributed by atoms with Gasteiger partial charge in [0.2, 0.25) is 5.75 Å². The molecule has 0 atom stereocenters. The van der Waals surface area contributed by atoms with E-state index in [0.717, 1.165) is 5.56 Å². The van der Waals surface area contributed by atoms with Crippen molar-refractivity contribution in [2.75, 3.05) is 46.2 Å². The second-order valence-corrected chi connectivity index (χ2v) is 6.96. The average molecular weight is 445 g/mol. The molecular weight excluding hydrogens is 422 g/mol. The smallest absolute Gasteiger partial charge is 0.325 e. The fourth-order valence-corrected chi connectivity index (χ4v) is 3.59. The highest BCUT2D eigenvalue weighted by Crippen LogP contribution is 2.40. The summed E-state index contributed by atoms with van der Waals surface area (Å²) in [5.41, 5.74) is 1.89. The van der Waals surface area contributed by atoms with E-state index in [2.05, 4.69) is 15.6 Å². The number of nitrogens with one attached hydrogen (secondary N) is 2. The van der Waals surface area contributed by atoms with E-state index in [1.165, 1.54) is 32.7 Å². The van der Waals surface area contributed by atoms with Crippen molar-refractivity contribution in [3.8, 4) is 40.0 Å². The van der Waals surface area contributed by atoms with Crippen molar-refractivity contribution in [3.05, 3.63) is 35.7 Å². The molecule has 0 aliphatic heterocycles. The van der Waals surface area contributed by atoms with Crippen molar-refractivity contribution < 1.29 is 28.5 Å². The molecule has 3 rings (SSSR count). The first-order valence-electron chi connectivity index (χ1n) is 9.08. The fourth-order valence-electron chi connectivity index (χ4n) is 2.88. The first-order chi connectivity index (χ1) is 15.0. The molecule has 0 bridgehead atoms. The molecule has 0 aliphatic carbocycles. The molecule has 164 valence electrons. The number of hydrogen-bond donors (Lipinski definition) is 2. The summed E-state index contributed by atoms with van der Waals surface area (Å²) in [6, 6.07) is 8.24. The summed E-state index contributed by atoms with van der Waals surface area (Å²) in [5, 5.41) is 7.71. The van der Waals surface area contributed by atoms with Gasteiger partial charge in [-0.25, -0.2) is 9.78 Å². The van der Waals surface area contributed by atoms with Gasteiger partial charge in [0.05, 0.1) is 46.9 Å². The van der Waals surface area contributed by atoms with Gasteiger partial charge >= 0.3 is 6.03 Å². The molecule has 0 saturated heterocycles. The lowest BCUT2D eigenvalue weighted by molar-refractivity contribution is 0.262. The molecule has 2 N–H and O–H groups in total. The number of urea groups is 1. The van der Waals surface area contributed by atoms with Crippen molar-refractivity contribution in [2.45, 2.75) is 0 Å². The van der Waals surface area contributed by atoms with Gasteiger partial charge < -0.3 is 29.0 Å². The number of carbonyl (C=O) groups is 1. The average Bonchev–Trinajstić information content (AvgIpc) is 3.25. The number of hydrogen-bond acceptors (Lipinski definition) is 8. The summed E-state index contributed by atoms with van der Waals surface area (Å²) in [7, 11) is 7.70. The van der Waals surface area contributed by atoms with E-state index in [4.69, 9.17) is 23.7 Å². The quantitative estimate of drug-likeness (QED) is 0.527. The summed E-state index contributed by atoms with van der Waals surface area (Å²) in [6.45, 7) is 0. The normalized spacial score (nSPS) is 10.2. The second kappa shape index (κ2) is 9.90. The van der Waals surface area contributed by atoms with Crippen LogP contribution in [0.25, 0.3) is 11.3 Å². The van der Waals surface area contributed by atoms with Gasteiger partial charge in [0.1, 0.15) is 11.5 Å². The van der Waals surface area contributed by atoms with Crippen LogP contribution in [0.4, 0.5) is 15.6 Å². The Labute approximate surface area is 183 Å². The number of thiazole rings is 1. The van der Waals surface area contributed by atoms with Crippen molar-refractivity contribution in [1.29, 1.82) is 0 Å². The van der Waals surface area contributed by atoms with Crippen LogP contribution in [0.1, 0.15) is 0 Å². The van der Waals surface area contributed by atoms with Gasteiger partial charge in [0.15, 0.2) is 16.6 Å². The topological polar surface area (TPSA) is 100 Å². The van der Waals surface area contributed by atoms with Gasteiger partial charge in [0.25, 0.3) is 0 Å². The van der Waals surface area contributed by atoms with Crippen molar-refractivity contribution >= 4 is 28.2 Å². The van der Waals surface area contributed by atoms with E-state index in [1.807, 2.05) is 11.4 Å². The maximum atomic E-state index is 12.5. The SMILES string of the molecule is COc1ccc(OC)c(-c2csc(NC(=O)Nc3cc(OC)c(OC)c(OC)c3)n2)c1. The molecule has 9 nitrogen and oxygen atoms in total. The van der Waals surface area contributed by atoms with Gasteiger partial charge in [0, 0.05) is 23.1 Å². The molecule has 0 fully saturated rings. The molecule has 0 unspecified atom stereocenters. The molecule has 31 heavy (non-hydrogen) atoms. The number of methoxy groups -OCH3 is 5. The Kier molecular flexibility index (Phi) is 7.03. The molecule has 1 heterocycles. The van der Waals surface area contributed by atoms with Crippen LogP contribution < -0.4 is 34.3 Å². The Balaban J connectivity index is 1.77. The van der Waals surface area contributed by atoms with Crippen LogP contribution in [0, 0.1) is 0 Å². The standard InChI is InChI=1S/C21H23N3O6S/c1-26-13-6-7-16(27-2)14(10-13)15-11-31-21(23-15)24-20(25)22-12-8-17(28-3)19(30-5)18(9-12)29-4/h6-11H,1-5H3,(H2,22,23,24,25). The predicted octanol–water partition coefficient (Wildman–Crippen LogP) is 4.50. The molecule has 0 spiro atoms. The molecule has 0 aliphatic rings. The van der Waals surface area contributed by atoms with Crippen molar-refractivity contribution in [1.82, 2.24) is 4.98 Å². The summed E-state index contributed by atoms with van der Waals surface area (Å²) >= 11 is 1.29. The number of nitrogens with zero attached hydrogens (tertiary/aromatic N) is 1. The molecule has 0 radical (unpaired) electrons. The molecule has 3 aromatic rings. The van der Waals surface area contributed by atoms with Crippen LogP contribution in [-0.2, 0) is 0 Å². The second-order valence-electron chi connectivity index (χ2n) is 6.10. The minimum Gasteiger partial charge on any atom is -0.497 e. The van der Waals surface area contributed by atoms with Crippen molar-refractivity contribution in [3.63, 3.8) is 0 Å². The Bertz CT molecular complexity index is 1040. The third-order valence-electron chi connectivity index (χ3n) is 4.33. The number of benzene rings is 2. The largest absolute Gasteiger partial charge is 0.497 e. The molecule has 10 heteroatoms. The summed E-state index contributed by atoms with van der Waals surface area (Å²) in [6.07, 6.45) is 0. The summed E-state index contributed by atoms with van der Waals surface area (Å²) < 4.78 is 26.6. The Morgan fingerprint density at radius 3 is 2.10 bits per heavy atom. The lowest BCUT2D eigenvalue weighted by atomic mass is 10.1.